The maximum atomic E-state index is 5.32. The lowest BCUT2D eigenvalue weighted by atomic mass is 10.1. The molecule has 0 aliphatic heterocycles. The summed E-state index contributed by atoms with van der Waals surface area (Å²) in [7, 11) is 0. The Balaban J connectivity index is 1.87. The molecule has 0 atom stereocenters. The number of rotatable bonds is 4. The number of benzene rings is 2. The maximum Gasteiger partial charge on any atom is 0.158 e. The van der Waals surface area contributed by atoms with Crippen molar-refractivity contribution in [1.82, 2.24) is 4.98 Å². The molecule has 3 aromatic rings. The highest BCUT2D eigenvalue weighted by Crippen LogP contribution is 2.22. The van der Waals surface area contributed by atoms with E-state index < -0.39 is 0 Å². The summed E-state index contributed by atoms with van der Waals surface area (Å²) in [6.45, 7) is 0. The summed E-state index contributed by atoms with van der Waals surface area (Å²) in [6.07, 6.45) is 1.86. The van der Waals surface area contributed by atoms with Crippen LogP contribution in [0.1, 0.15) is 21.7 Å². The summed E-state index contributed by atoms with van der Waals surface area (Å²) in [5.74, 6) is 0. The van der Waals surface area contributed by atoms with Crippen molar-refractivity contribution in [3.05, 3.63) is 86.3 Å². The first kappa shape index (κ1) is 13.3. The SMILES string of the molecule is S=c1[nH]c(Cc2ccccc2)c(Cc2ccccc2)s1. The molecule has 1 aromatic heterocycles. The average Bonchev–Trinajstić information content (AvgIpc) is 2.81. The Hall–Kier alpha value is -1.71. The number of hydrogen-bond acceptors (Lipinski definition) is 2. The second-order valence-corrected chi connectivity index (χ2v) is 6.51. The van der Waals surface area contributed by atoms with Gasteiger partial charge in [0.15, 0.2) is 3.95 Å². The van der Waals surface area contributed by atoms with Gasteiger partial charge in [-0.1, -0.05) is 60.7 Å². The minimum atomic E-state index is 0.863. The van der Waals surface area contributed by atoms with Gasteiger partial charge in [-0.05, 0) is 23.3 Å². The number of H-pyrrole nitrogens is 1. The van der Waals surface area contributed by atoms with Crippen molar-refractivity contribution in [2.45, 2.75) is 12.8 Å². The van der Waals surface area contributed by atoms with E-state index in [-0.39, 0.29) is 0 Å². The molecule has 2 aromatic carbocycles. The standard InChI is InChI=1S/C17H15NS2/c19-17-18-15(11-13-7-3-1-4-8-13)16(20-17)12-14-9-5-2-6-10-14/h1-10H,11-12H2,(H,18,19). The summed E-state index contributed by atoms with van der Waals surface area (Å²) in [5, 5.41) is 0. The lowest BCUT2D eigenvalue weighted by Crippen LogP contribution is -1.94. The monoisotopic (exact) mass is 297 g/mol. The molecule has 0 saturated heterocycles. The van der Waals surface area contributed by atoms with Gasteiger partial charge in [0, 0.05) is 23.4 Å². The van der Waals surface area contributed by atoms with Crippen LogP contribution in [-0.4, -0.2) is 4.98 Å². The topological polar surface area (TPSA) is 15.8 Å². The van der Waals surface area contributed by atoms with Crippen LogP contribution < -0.4 is 0 Å². The fraction of sp³-hybridized carbons (Fsp3) is 0.118. The summed E-state index contributed by atoms with van der Waals surface area (Å²) in [4.78, 5) is 4.68. The van der Waals surface area contributed by atoms with Gasteiger partial charge in [-0.15, -0.1) is 11.3 Å². The molecule has 0 saturated carbocycles. The van der Waals surface area contributed by atoms with E-state index in [1.165, 1.54) is 21.7 Å². The molecule has 3 rings (SSSR count). The van der Waals surface area contributed by atoms with Crippen LogP contribution in [0, 0.1) is 3.95 Å². The van der Waals surface area contributed by atoms with Gasteiger partial charge in [0.1, 0.15) is 0 Å². The Morgan fingerprint density at radius 1 is 0.800 bits per heavy atom. The van der Waals surface area contributed by atoms with E-state index in [2.05, 4.69) is 53.5 Å². The molecule has 1 N–H and O–H groups in total. The van der Waals surface area contributed by atoms with Crippen molar-refractivity contribution in [2.24, 2.45) is 0 Å². The highest BCUT2D eigenvalue weighted by Gasteiger charge is 2.08. The molecule has 1 nitrogen and oxygen atoms in total. The summed E-state index contributed by atoms with van der Waals surface area (Å²) in [6, 6.07) is 21.0. The van der Waals surface area contributed by atoms with Crippen LogP contribution in [0.4, 0.5) is 0 Å². The molecule has 0 aliphatic rings. The smallest absolute Gasteiger partial charge is 0.158 e. The fourth-order valence-corrected chi connectivity index (χ4v) is 3.57. The number of nitrogens with one attached hydrogen (secondary N) is 1. The van der Waals surface area contributed by atoms with E-state index in [1.54, 1.807) is 11.3 Å². The largest absolute Gasteiger partial charge is 0.340 e. The zero-order valence-electron chi connectivity index (χ0n) is 11.0. The van der Waals surface area contributed by atoms with Crippen molar-refractivity contribution in [3.63, 3.8) is 0 Å². The highest BCUT2D eigenvalue weighted by atomic mass is 32.1. The lowest BCUT2D eigenvalue weighted by Gasteiger charge is -2.04. The fourth-order valence-electron chi connectivity index (χ4n) is 2.26. The van der Waals surface area contributed by atoms with Crippen molar-refractivity contribution >= 4 is 23.6 Å². The first-order valence-electron chi connectivity index (χ1n) is 6.60. The van der Waals surface area contributed by atoms with Crippen molar-refractivity contribution in [3.8, 4) is 0 Å². The quantitative estimate of drug-likeness (QED) is 0.671. The zero-order valence-corrected chi connectivity index (χ0v) is 12.6. The Labute approximate surface area is 127 Å². The van der Waals surface area contributed by atoms with E-state index in [9.17, 15) is 0 Å². The first-order chi connectivity index (χ1) is 9.81. The predicted octanol–water partition coefficient (Wildman–Crippen LogP) is 4.99. The van der Waals surface area contributed by atoms with E-state index in [0.29, 0.717) is 0 Å². The van der Waals surface area contributed by atoms with Crippen LogP contribution in [0.25, 0.3) is 0 Å². The number of aromatic nitrogens is 1. The molecule has 0 aliphatic carbocycles. The lowest BCUT2D eigenvalue weighted by molar-refractivity contribution is 1.05. The van der Waals surface area contributed by atoms with Gasteiger partial charge in [0.05, 0.1) is 0 Å². The number of hydrogen-bond donors (Lipinski definition) is 1. The molecular formula is C17H15NS2. The van der Waals surface area contributed by atoms with E-state index in [1.807, 2.05) is 12.1 Å². The van der Waals surface area contributed by atoms with Gasteiger partial charge in [0.2, 0.25) is 0 Å². The van der Waals surface area contributed by atoms with Crippen LogP contribution in [0.15, 0.2) is 60.7 Å². The third kappa shape index (κ3) is 3.24. The number of thiazole rings is 1. The third-order valence-electron chi connectivity index (χ3n) is 3.24. The van der Waals surface area contributed by atoms with Gasteiger partial charge in [-0.3, -0.25) is 0 Å². The van der Waals surface area contributed by atoms with Crippen LogP contribution in [-0.2, 0) is 12.8 Å². The molecule has 3 heteroatoms. The predicted molar refractivity (Wildman–Crippen MR) is 88.0 cm³/mol. The molecule has 100 valence electrons. The van der Waals surface area contributed by atoms with Crippen molar-refractivity contribution < 1.29 is 0 Å². The molecule has 0 radical (unpaired) electrons. The second kappa shape index (κ2) is 6.16. The second-order valence-electron chi connectivity index (χ2n) is 4.74. The molecular weight excluding hydrogens is 282 g/mol. The molecule has 20 heavy (non-hydrogen) atoms. The summed E-state index contributed by atoms with van der Waals surface area (Å²) >= 11 is 7.00. The highest BCUT2D eigenvalue weighted by molar-refractivity contribution is 7.73. The van der Waals surface area contributed by atoms with Crippen LogP contribution in [0.3, 0.4) is 0 Å². The van der Waals surface area contributed by atoms with Gasteiger partial charge >= 0.3 is 0 Å². The number of aromatic amines is 1. The van der Waals surface area contributed by atoms with Crippen LogP contribution >= 0.6 is 23.6 Å². The molecule has 0 spiro atoms. The molecule has 0 unspecified atom stereocenters. The Kier molecular flexibility index (Phi) is 4.09. The van der Waals surface area contributed by atoms with Gasteiger partial charge in [-0.2, -0.15) is 0 Å². The van der Waals surface area contributed by atoms with Crippen LogP contribution in [0.5, 0.6) is 0 Å². The van der Waals surface area contributed by atoms with Crippen LogP contribution in [0.2, 0.25) is 0 Å². The normalized spacial score (nSPS) is 10.6. The van der Waals surface area contributed by atoms with E-state index in [0.717, 1.165) is 16.8 Å². The third-order valence-corrected chi connectivity index (χ3v) is 4.51. The van der Waals surface area contributed by atoms with Gasteiger partial charge < -0.3 is 4.98 Å². The molecule has 0 bridgehead atoms. The first-order valence-corrected chi connectivity index (χ1v) is 7.82. The Bertz CT molecular complexity index is 664. The zero-order chi connectivity index (χ0) is 13.8. The summed E-state index contributed by atoms with van der Waals surface area (Å²) < 4.78 is 0.863. The molecule has 0 amide bonds. The summed E-state index contributed by atoms with van der Waals surface area (Å²) in [5.41, 5.74) is 3.88. The molecule has 1 heterocycles. The Morgan fingerprint density at radius 2 is 1.35 bits per heavy atom. The van der Waals surface area contributed by atoms with E-state index >= 15 is 0 Å². The minimum absolute atomic E-state index is 0.863. The van der Waals surface area contributed by atoms with Gasteiger partial charge in [0.25, 0.3) is 0 Å². The van der Waals surface area contributed by atoms with Crippen molar-refractivity contribution in [2.75, 3.05) is 0 Å². The van der Waals surface area contributed by atoms with E-state index in [4.69, 9.17) is 12.2 Å². The Morgan fingerprint density at radius 3 is 1.95 bits per heavy atom. The average molecular weight is 297 g/mol. The maximum absolute atomic E-state index is 5.32. The van der Waals surface area contributed by atoms with Gasteiger partial charge in [-0.25, -0.2) is 0 Å². The molecule has 0 fully saturated rings. The minimum Gasteiger partial charge on any atom is -0.340 e. The van der Waals surface area contributed by atoms with Crippen molar-refractivity contribution in [1.29, 1.82) is 0 Å².